The van der Waals surface area contributed by atoms with E-state index in [4.69, 9.17) is 5.73 Å². The SMILES string of the molecule is CCc1cnc([C@@H](CN)c2ccc(C)cc2C)nc1. The van der Waals surface area contributed by atoms with Crippen molar-refractivity contribution in [1.82, 2.24) is 9.97 Å². The quantitative estimate of drug-likeness (QED) is 0.914. The number of hydrogen-bond acceptors (Lipinski definition) is 3. The van der Waals surface area contributed by atoms with Crippen LogP contribution in [0.2, 0.25) is 0 Å². The minimum absolute atomic E-state index is 0.0755. The Balaban J connectivity index is 2.37. The topological polar surface area (TPSA) is 51.8 Å². The van der Waals surface area contributed by atoms with E-state index in [9.17, 15) is 0 Å². The number of hydrogen-bond donors (Lipinski definition) is 1. The molecule has 100 valence electrons. The summed E-state index contributed by atoms with van der Waals surface area (Å²) in [5.74, 6) is 0.887. The lowest BCUT2D eigenvalue weighted by Gasteiger charge is -2.17. The molecular weight excluding hydrogens is 234 g/mol. The van der Waals surface area contributed by atoms with E-state index in [1.807, 2.05) is 12.4 Å². The van der Waals surface area contributed by atoms with Crippen LogP contribution in [0.3, 0.4) is 0 Å². The molecule has 0 amide bonds. The van der Waals surface area contributed by atoms with Crippen LogP contribution in [0.1, 0.15) is 40.9 Å². The largest absolute Gasteiger partial charge is 0.329 e. The van der Waals surface area contributed by atoms with Crippen LogP contribution in [0, 0.1) is 13.8 Å². The van der Waals surface area contributed by atoms with Gasteiger partial charge in [-0.2, -0.15) is 0 Å². The highest BCUT2D eigenvalue weighted by atomic mass is 14.9. The van der Waals surface area contributed by atoms with Crippen LogP contribution >= 0.6 is 0 Å². The smallest absolute Gasteiger partial charge is 0.136 e. The lowest BCUT2D eigenvalue weighted by Crippen LogP contribution is -2.17. The minimum atomic E-state index is 0.0755. The molecule has 0 bridgehead atoms. The van der Waals surface area contributed by atoms with Crippen LogP contribution in [0.25, 0.3) is 0 Å². The van der Waals surface area contributed by atoms with E-state index in [2.05, 4.69) is 48.9 Å². The van der Waals surface area contributed by atoms with Crippen molar-refractivity contribution in [2.24, 2.45) is 5.73 Å². The van der Waals surface area contributed by atoms with Crippen molar-refractivity contribution in [3.63, 3.8) is 0 Å². The first-order valence-electron chi connectivity index (χ1n) is 6.73. The molecule has 2 N–H and O–H groups in total. The van der Waals surface area contributed by atoms with Crippen molar-refractivity contribution in [3.05, 3.63) is 58.7 Å². The van der Waals surface area contributed by atoms with E-state index in [0.717, 1.165) is 17.8 Å². The molecule has 0 spiro atoms. The summed E-state index contributed by atoms with van der Waals surface area (Å²) in [6.07, 6.45) is 4.75. The normalized spacial score (nSPS) is 12.4. The van der Waals surface area contributed by atoms with E-state index in [1.165, 1.54) is 16.7 Å². The summed E-state index contributed by atoms with van der Waals surface area (Å²) in [6.45, 7) is 6.84. The predicted molar refractivity (Wildman–Crippen MR) is 78.2 cm³/mol. The van der Waals surface area contributed by atoms with Gasteiger partial charge in [0.25, 0.3) is 0 Å². The Morgan fingerprint density at radius 1 is 1.16 bits per heavy atom. The molecule has 1 atom stereocenters. The Morgan fingerprint density at radius 2 is 1.84 bits per heavy atom. The molecule has 0 fully saturated rings. The van der Waals surface area contributed by atoms with Crippen LogP contribution in [-0.4, -0.2) is 16.5 Å². The highest BCUT2D eigenvalue weighted by Crippen LogP contribution is 2.24. The average Bonchev–Trinajstić information content (AvgIpc) is 2.42. The monoisotopic (exact) mass is 255 g/mol. The standard InChI is InChI=1S/C16H21N3/c1-4-13-9-18-16(19-10-13)15(8-17)14-6-5-11(2)7-12(14)3/h5-7,9-10,15H,4,8,17H2,1-3H3/t15-/m0/s1. The van der Waals surface area contributed by atoms with Gasteiger partial charge in [0.2, 0.25) is 0 Å². The van der Waals surface area contributed by atoms with Crippen molar-refractivity contribution in [3.8, 4) is 0 Å². The highest BCUT2D eigenvalue weighted by Gasteiger charge is 2.17. The molecule has 3 heteroatoms. The number of aromatic nitrogens is 2. The van der Waals surface area contributed by atoms with Gasteiger partial charge in [0.05, 0.1) is 5.92 Å². The van der Waals surface area contributed by atoms with Gasteiger partial charge in [-0.3, -0.25) is 0 Å². The number of benzene rings is 1. The fourth-order valence-corrected chi connectivity index (χ4v) is 2.32. The number of nitrogens with two attached hydrogens (primary N) is 1. The summed E-state index contributed by atoms with van der Waals surface area (Å²) in [4.78, 5) is 8.94. The third kappa shape index (κ3) is 2.99. The molecule has 0 aliphatic heterocycles. The predicted octanol–water partition coefficient (Wildman–Crippen LogP) is 2.75. The molecule has 0 radical (unpaired) electrons. The summed E-state index contributed by atoms with van der Waals surface area (Å²) >= 11 is 0. The lowest BCUT2D eigenvalue weighted by atomic mass is 9.93. The Hall–Kier alpha value is -1.74. The Morgan fingerprint density at radius 3 is 2.37 bits per heavy atom. The third-order valence-electron chi connectivity index (χ3n) is 3.48. The summed E-state index contributed by atoms with van der Waals surface area (Å²) in [5.41, 5.74) is 10.8. The molecule has 3 nitrogen and oxygen atoms in total. The fourth-order valence-electron chi connectivity index (χ4n) is 2.32. The van der Waals surface area contributed by atoms with Gasteiger partial charge in [0.15, 0.2) is 0 Å². The maximum absolute atomic E-state index is 5.93. The second kappa shape index (κ2) is 5.93. The van der Waals surface area contributed by atoms with Crippen LogP contribution in [0.15, 0.2) is 30.6 Å². The van der Waals surface area contributed by atoms with Crippen molar-refractivity contribution in [2.45, 2.75) is 33.1 Å². The molecule has 1 aromatic carbocycles. The van der Waals surface area contributed by atoms with Crippen LogP contribution in [0.4, 0.5) is 0 Å². The summed E-state index contributed by atoms with van der Waals surface area (Å²) < 4.78 is 0. The molecule has 0 saturated carbocycles. The van der Waals surface area contributed by atoms with Crippen LogP contribution < -0.4 is 5.73 Å². The second-order valence-corrected chi connectivity index (χ2v) is 4.95. The molecule has 2 aromatic rings. The molecule has 19 heavy (non-hydrogen) atoms. The highest BCUT2D eigenvalue weighted by molar-refractivity contribution is 5.36. The average molecular weight is 255 g/mol. The van der Waals surface area contributed by atoms with Crippen molar-refractivity contribution in [2.75, 3.05) is 6.54 Å². The van der Waals surface area contributed by atoms with E-state index in [-0.39, 0.29) is 5.92 Å². The maximum Gasteiger partial charge on any atom is 0.136 e. The molecule has 1 aromatic heterocycles. The zero-order valence-electron chi connectivity index (χ0n) is 11.9. The minimum Gasteiger partial charge on any atom is -0.329 e. The first-order chi connectivity index (χ1) is 9.15. The van der Waals surface area contributed by atoms with Gasteiger partial charge in [-0.05, 0) is 37.0 Å². The molecule has 0 aliphatic rings. The second-order valence-electron chi connectivity index (χ2n) is 4.95. The van der Waals surface area contributed by atoms with Crippen LogP contribution in [0.5, 0.6) is 0 Å². The summed E-state index contributed by atoms with van der Waals surface area (Å²) in [5, 5.41) is 0. The maximum atomic E-state index is 5.93. The first kappa shape index (κ1) is 13.7. The molecular formula is C16H21N3. The first-order valence-corrected chi connectivity index (χ1v) is 6.73. The summed E-state index contributed by atoms with van der Waals surface area (Å²) in [6, 6.07) is 6.43. The molecule has 0 saturated heterocycles. The van der Waals surface area contributed by atoms with Gasteiger partial charge in [0.1, 0.15) is 5.82 Å². The fraction of sp³-hybridized carbons (Fsp3) is 0.375. The Bertz CT molecular complexity index is 546. The van der Waals surface area contributed by atoms with Gasteiger partial charge in [0, 0.05) is 18.9 Å². The van der Waals surface area contributed by atoms with Crippen LogP contribution in [-0.2, 0) is 6.42 Å². The number of rotatable bonds is 4. The van der Waals surface area contributed by atoms with Gasteiger partial charge in [-0.15, -0.1) is 0 Å². The zero-order valence-corrected chi connectivity index (χ0v) is 11.9. The molecule has 1 heterocycles. The zero-order chi connectivity index (χ0) is 13.8. The van der Waals surface area contributed by atoms with Crippen molar-refractivity contribution < 1.29 is 0 Å². The van der Waals surface area contributed by atoms with Gasteiger partial charge >= 0.3 is 0 Å². The van der Waals surface area contributed by atoms with Gasteiger partial charge < -0.3 is 5.73 Å². The van der Waals surface area contributed by atoms with Gasteiger partial charge in [-0.25, -0.2) is 9.97 Å². The molecule has 0 aliphatic carbocycles. The molecule has 0 unspecified atom stereocenters. The number of nitrogens with zero attached hydrogens (tertiary/aromatic N) is 2. The third-order valence-corrected chi connectivity index (χ3v) is 3.48. The Labute approximate surface area is 114 Å². The van der Waals surface area contributed by atoms with E-state index in [1.54, 1.807) is 0 Å². The van der Waals surface area contributed by atoms with Crippen molar-refractivity contribution >= 4 is 0 Å². The van der Waals surface area contributed by atoms with Gasteiger partial charge in [-0.1, -0.05) is 30.7 Å². The number of aryl methyl sites for hydroxylation is 3. The van der Waals surface area contributed by atoms with E-state index in [0.29, 0.717) is 6.54 Å². The van der Waals surface area contributed by atoms with E-state index >= 15 is 0 Å². The Kier molecular flexibility index (Phi) is 4.27. The summed E-state index contributed by atoms with van der Waals surface area (Å²) in [7, 11) is 0. The molecule has 2 rings (SSSR count). The van der Waals surface area contributed by atoms with Crippen molar-refractivity contribution in [1.29, 1.82) is 0 Å². The lowest BCUT2D eigenvalue weighted by molar-refractivity contribution is 0.740. The van der Waals surface area contributed by atoms with E-state index < -0.39 is 0 Å².